The molecule has 0 fully saturated rings. The van der Waals surface area contributed by atoms with Crippen LogP contribution in [0.15, 0.2) is 24.3 Å². The average Bonchev–Trinajstić information content (AvgIpc) is 2.41. The topological polar surface area (TPSA) is 84.2 Å². The van der Waals surface area contributed by atoms with Crippen LogP contribution in [0.4, 0.5) is 0 Å². The van der Waals surface area contributed by atoms with Crippen LogP contribution in [0.1, 0.15) is 31.9 Å². The smallest absolute Gasteiger partial charge is 0.239 e. The van der Waals surface area contributed by atoms with Crippen molar-refractivity contribution >= 4 is 11.8 Å². The van der Waals surface area contributed by atoms with Crippen molar-refractivity contribution in [1.29, 1.82) is 0 Å². The minimum absolute atomic E-state index is 0.0455. The number of rotatable bonds is 5. The first-order valence-corrected chi connectivity index (χ1v) is 6.66. The van der Waals surface area contributed by atoms with Gasteiger partial charge in [0.1, 0.15) is 0 Å². The lowest BCUT2D eigenvalue weighted by atomic mass is 9.87. The third-order valence-electron chi connectivity index (χ3n) is 2.94. The lowest BCUT2D eigenvalue weighted by Crippen LogP contribution is -2.39. The Hall–Kier alpha value is -1.88. The zero-order valence-corrected chi connectivity index (χ0v) is 12.3. The van der Waals surface area contributed by atoms with E-state index in [9.17, 15) is 9.59 Å². The summed E-state index contributed by atoms with van der Waals surface area (Å²) in [5.41, 5.74) is 7.53. The van der Waals surface area contributed by atoms with Gasteiger partial charge < -0.3 is 16.4 Å². The van der Waals surface area contributed by atoms with Crippen LogP contribution in [0.5, 0.6) is 0 Å². The van der Waals surface area contributed by atoms with Crippen LogP contribution in [0.3, 0.4) is 0 Å². The molecule has 0 heterocycles. The van der Waals surface area contributed by atoms with Crippen LogP contribution in [0, 0.1) is 0 Å². The maximum absolute atomic E-state index is 11.5. The van der Waals surface area contributed by atoms with E-state index in [4.69, 9.17) is 5.73 Å². The van der Waals surface area contributed by atoms with E-state index in [0.29, 0.717) is 6.54 Å². The molecule has 0 saturated carbocycles. The molecule has 0 aliphatic carbocycles. The molecule has 1 rings (SSSR count). The third kappa shape index (κ3) is 5.40. The highest BCUT2D eigenvalue weighted by molar-refractivity contribution is 5.85. The summed E-state index contributed by atoms with van der Waals surface area (Å²) in [5.74, 6) is -0.568. The number of benzene rings is 1. The Kier molecular flexibility index (Phi) is 5.70. The molecule has 0 unspecified atom stereocenters. The van der Waals surface area contributed by atoms with Gasteiger partial charge in [0.15, 0.2) is 0 Å². The van der Waals surface area contributed by atoms with Gasteiger partial charge in [-0.15, -0.1) is 0 Å². The molecular weight excluding hydrogens is 254 g/mol. The molecule has 0 aliphatic rings. The first-order valence-electron chi connectivity index (χ1n) is 6.66. The minimum Gasteiger partial charge on any atom is -0.350 e. The van der Waals surface area contributed by atoms with Gasteiger partial charge in [-0.05, 0) is 16.5 Å². The Morgan fingerprint density at radius 1 is 1.05 bits per heavy atom. The predicted molar refractivity (Wildman–Crippen MR) is 79.1 cm³/mol. The summed E-state index contributed by atoms with van der Waals surface area (Å²) >= 11 is 0. The molecule has 0 aromatic heterocycles. The molecule has 1 aromatic rings. The van der Waals surface area contributed by atoms with Crippen molar-refractivity contribution in [2.24, 2.45) is 5.73 Å². The van der Waals surface area contributed by atoms with E-state index in [1.54, 1.807) is 0 Å². The van der Waals surface area contributed by atoms with Crippen molar-refractivity contribution < 1.29 is 9.59 Å². The molecule has 0 radical (unpaired) electrons. The number of carbonyl (C=O) groups excluding carboxylic acids is 2. The van der Waals surface area contributed by atoms with Gasteiger partial charge in [0.2, 0.25) is 11.8 Å². The normalized spacial score (nSPS) is 11.0. The van der Waals surface area contributed by atoms with E-state index in [-0.39, 0.29) is 30.3 Å². The van der Waals surface area contributed by atoms with Gasteiger partial charge in [0, 0.05) is 6.54 Å². The van der Waals surface area contributed by atoms with Crippen LogP contribution in [-0.4, -0.2) is 24.9 Å². The van der Waals surface area contributed by atoms with Crippen molar-refractivity contribution in [2.75, 3.05) is 13.1 Å². The summed E-state index contributed by atoms with van der Waals surface area (Å²) in [4.78, 5) is 22.4. The Morgan fingerprint density at radius 3 is 2.15 bits per heavy atom. The Morgan fingerprint density at radius 2 is 1.65 bits per heavy atom. The standard InChI is InChI=1S/C15H23N3O2/c1-15(2,3)12-6-4-11(5-7-12)9-17-14(20)10-18-13(19)8-16/h4-7H,8-10,16H2,1-3H3,(H,17,20)(H,18,19). The largest absolute Gasteiger partial charge is 0.350 e. The van der Waals surface area contributed by atoms with Crippen LogP contribution in [-0.2, 0) is 21.5 Å². The lowest BCUT2D eigenvalue weighted by Gasteiger charge is -2.19. The number of nitrogens with two attached hydrogens (primary N) is 1. The molecule has 0 bridgehead atoms. The molecule has 20 heavy (non-hydrogen) atoms. The zero-order chi connectivity index (χ0) is 15.2. The average molecular weight is 277 g/mol. The van der Waals surface area contributed by atoms with Gasteiger partial charge in [0.05, 0.1) is 13.1 Å². The van der Waals surface area contributed by atoms with Gasteiger partial charge in [-0.1, -0.05) is 45.0 Å². The molecule has 5 heteroatoms. The highest BCUT2D eigenvalue weighted by Gasteiger charge is 2.12. The van der Waals surface area contributed by atoms with Crippen LogP contribution in [0.2, 0.25) is 0 Å². The summed E-state index contributed by atoms with van der Waals surface area (Å²) in [6, 6.07) is 8.13. The summed E-state index contributed by atoms with van der Waals surface area (Å²) in [5, 5.41) is 5.16. The van der Waals surface area contributed by atoms with E-state index in [0.717, 1.165) is 5.56 Å². The number of hydrogen-bond acceptors (Lipinski definition) is 3. The molecule has 2 amide bonds. The SMILES string of the molecule is CC(C)(C)c1ccc(CNC(=O)CNC(=O)CN)cc1. The van der Waals surface area contributed by atoms with Gasteiger partial charge in [-0.2, -0.15) is 0 Å². The van der Waals surface area contributed by atoms with Crippen molar-refractivity contribution in [3.05, 3.63) is 35.4 Å². The molecule has 0 saturated heterocycles. The van der Waals surface area contributed by atoms with E-state index in [1.807, 2.05) is 12.1 Å². The number of hydrogen-bond donors (Lipinski definition) is 3. The maximum Gasteiger partial charge on any atom is 0.239 e. The fourth-order valence-electron chi connectivity index (χ4n) is 1.64. The second kappa shape index (κ2) is 7.05. The maximum atomic E-state index is 11.5. The first-order chi connectivity index (χ1) is 9.32. The molecule has 110 valence electrons. The monoisotopic (exact) mass is 277 g/mol. The Bertz CT molecular complexity index is 461. The second-order valence-electron chi connectivity index (χ2n) is 5.70. The summed E-state index contributed by atoms with van der Waals surface area (Å²) in [6.45, 7) is 6.76. The number of carbonyl (C=O) groups is 2. The second-order valence-corrected chi connectivity index (χ2v) is 5.70. The van der Waals surface area contributed by atoms with Crippen molar-refractivity contribution in [1.82, 2.24) is 10.6 Å². The summed E-state index contributed by atoms with van der Waals surface area (Å²) in [6.07, 6.45) is 0. The highest BCUT2D eigenvalue weighted by Crippen LogP contribution is 2.21. The van der Waals surface area contributed by atoms with Crippen LogP contribution >= 0.6 is 0 Å². The third-order valence-corrected chi connectivity index (χ3v) is 2.94. The molecule has 0 atom stereocenters. The summed E-state index contributed by atoms with van der Waals surface area (Å²) in [7, 11) is 0. The zero-order valence-electron chi connectivity index (χ0n) is 12.3. The number of nitrogens with one attached hydrogen (secondary N) is 2. The predicted octanol–water partition coefficient (Wildman–Crippen LogP) is 0.675. The number of amides is 2. The van der Waals surface area contributed by atoms with Crippen molar-refractivity contribution in [3.8, 4) is 0 Å². The van der Waals surface area contributed by atoms with Gasteiger partial charge in [-0.25, -0.2) is 0 Å². The molecular formula is C15H23N3O2. The molecule has 0 aliphatic heterocycles. The molecule has 1 aromatic carbocycles. The van der Waals surface area contributed by atoms with Gasteiger partial charge in [0.25, 0.3) is 0 Å². The first kappa shape index (κ1) is 16.2. The molecule has 5 nitrogen and oxygen atoms in total. The Balaban J connectivity index is 2.42. The van der Waals surface area contributed by atoms with Crippen molar-refractivity contribution in [2.45, 2.75) is 32.7 Å². The summed E-state index contributed by atoms with van der Waals surface area (Å²) < 4.78 is 0. The van der Waals surface area contributed by atoms with Gasteiger partial charge in [-0.3, -0.25) is 9.59 Å². The fourth-order valence-corrected chi connectivity index (χ4v) is 1.64. The molecule has 4 N–H and O–H groups in total. The highest BCUT2D eigenvalue weighted by atomic mass is 16.2. The van der Waals surface area contributed by atoms with E-state index in [2.05, 4.69) is 43.5 Å². The van der Waals surface area contributed by atoms with Crippen LogP contribution in [0.25, 0.3) is 0 Å². The van der Waals surface area contributed by atoms with E-state index in [1.165, 1.54) is 5.56 Å². The Labute approximate surface area is 119 Å². The van der Waals surface area contributed by atoms with Crippen LogP contribution < -0.4 is 16.4 Å². The van der Waals surface area contributed by atoms with E-state index < -0.39 is 0 Å². The van der Waals surface area contributed by atoms with Gasteiger partial charge >= 0.3 is 0 Å². The van der Waals surface area contributed by atoms with E-state index >= 15 is 0 Å². The lowest BCUT2D eigenvalue weighted by molar-refractivity contribution is -0.125. The quantitative estimate of drug-likeness (QED) is 0.740. The molecule has 0 spiro atoms. The fraction of sp³-hybridized carbons (Fsp3) is 0.467. The minimum atomic E-state index is -0.338. The van der Waals surface area contributed by atoms with Crippen molar-refractivity contribution in [3.63, 3.8) is 0 Å².